The highest BCUT2D eigenvalue weighted by atomic mass is 35.5. The van der Waals surface area contributed by atoms with Crippen LogP contribution < -0.4 is 11.2 Å². The number of alkyl halides is 3. The van der Waals surface area contributed by atoms with E-state index in [1.165, 1.54) is 24.3 Å². The number of hydroxylamine groups is 1. The molecule has 0 amide bonds. The summed E-state index contributed by atoms with van der Waals surface area (Å²) in [6.45, 7) is 1.77. The van der Waals surface area contributed by atoms with Crippen molar-refractivity contribution >= 4 is 34.6 Å². The molecule has 1 heterocycles. The number of rotatable bonds is 2. The van der Waals surface area contributed by atoms with Gasteiger partial charge in [0.25, 0.3) is 0 Å². The van der Waals surface area contributed by atoms with E-state index < -0.39 is 17.9 Å². The Labute approximate surface area is 152 Å². The average molecular weight is 389 g/mol. The van der Waals surface area contributed by atoms with E-state index in [9.17, 15) is 13.2 Å². The van der Waals surface area contributed by atoms with Crippen LogP contribution in [0.25, 0.3) is 5.70 Å². The van der Waals surface area contributed by atoms with Crippen molar-refractivity contribution in [1.29, 1.82) is 0 Å². The van der Waals surface area contributed by atoms with Crippen LogP contribution in [0.4, 0.5) is 18.9 Å². The molecule has 1 aliphatic heterocycles. The van der Waals surface area contributed by atoms with Gasteiger partial charge in [0.05, 0.1) is 11.3 Å². The van der Waals surface area contributed by atoms with Gasteiger partial charge in [0.2, 0.25) is 0 Å². The molecular formula is C17H13Cl2F3N2O. The van der Waals surface area contributed by atoms with Gasteiger partial charge in [0.1, 0.15) is 6.10 Å². The van der Waals surface area contributed by atoms with Crippen molar-refractivity contribution in [1.82, 2.24) is 5.48 Å². The van der Waals surface area contributed by atoms with E-state index in [4.69, 9.17) is 33.8 Å². The topological polar surface area (TPSA) is 47.3 Å². The molecule has 0 radical (unpaired) electrons. The van der Waals surface area contributed by atoms with Gasteiger partial charge < -0.3 is 5.73 Å². The van der Waals surface area contributed by atoms with Crippen molar-refractivity contribution in [2.45, 2.75) is 19.2 Å². The van der Waals surface area contributed by atoms with Gasteiger partial charge in [-0.05, 0) is 42.3 Å². The van der Waals surface area contributed by atoms with E-state index in [2.05, 4.69) is 5.48 Å². The number of hydrogen-bond donors (Lipinski definition) is 2. The van der Waals surface area contributed by atoms with Crippen molar-refractivity contribution < 1.29 is 18.0 Å². The first-order valence-electron chi connectivity index (χ1n) is 7.22. The maximum absolute atomic E-state index is 13.7. The Morgan fingerprint density at radius 3 is 2.28 bits per heavy atom. The van der Waals surface area contributed by atoms with Gasteiger partial charge in [-0.15, -0.1) is 0 Å². The van der Waals surface area contributed by atoms with Crippen LogP contribution in [-0.2, 0) is 4.84 Å². The third kappa shape index (κ3) is 3.56. The van der Waals surface area contributed by atoms with E-state index in [-0.39, 0.29) is 26.9 Å². The Bertz CT molecular complexity index is 845. The van der Waals surface area contributed by atoms with Crippen LogP contribution in [0.5, 0.6) is 0 Å². The highest BCUT2D eigenvalue weighted by molar-refractivity contribution is 6.34. The number of anilines is 1. The van der Waals surface area contributed by atoms with Gasteiger partial charge in [0, 0.05) is 21.3 Å². The van der Waals surface area contributed by atoms with Gasteiger partial charge in [-0.2, -0.15) is 13.2 Å². The quantitative estimate of drug-likeness (QED) is 0.673. The molecule has 0 aromatic heterocycles. The first-order valence-corrected chi connectivity index (χ1v) is 7.98. The van der Waals surface area contributed by atoms with E-state index >= 15 is 0 Å². The lowest BCUT2D eigenvalue weighted by atomic mass is 9.96. The third-order valence-electron chi connectivity index (χ3n) is 3.87. The molecule has 0 spiro atoms. The minimum atomic E-state index is -4.63. The molecule has 1 unspecified atom stereocenters. The fraction of sp³-hybridized carbons (Fsp3) is 0.176. The predicted molar refractivity (Wildman–Crippen MR) is 92.0 cm³/mol. The van der Waals surface area contributed by atoms with Crippen LogP contribution >= 0.6 is 23.2 Å². The Morgan fingerprint density at radius 1 is 1.08 bits per heavy atom. The summed E-state index contributed by atoms with van der Waals surface area (Å²) in [6.07, 6.45) is -6.02. The zero-order chi connectivity index (χ0) is 18.4. The molecule has 0 bridgehead atoms. The second-order valence-corrected chi connectivity index (χ2v) is 6.53. The smallest absolute Gasteiger partial charge is 0.398 e. The lowest BCUT2D eigenvalue weighted by Crippen LogP contribution is -2.18. The highest BCUT2D eigenvalue weighted by Crippen LogP contribution is 2.46. The van der Waals surface area contributed by atoms with E-state index in [1.807, 2.05) is 0 Å². The fourth-order valence-electron chi connectivity index (χ4n) is 2.62. The summed E-state index contributed by atoms with van der Waals surface area (Å²) in [4.78, 5) is 5.22. The lowest BCUT2D eigenvalue weighted by molar-refractivity contribution is -0.107. The molecular weight excluding hydrogens is 376 g/mol. The molecule has 3 nitrogen and oxygen atoms in total. The lowest BCUT2D eigenvalue weighted by Gasteiger charge is -2.17. The number of halogens is 5. The number of nitrogen functional groups attached to an aromatic ring is 1. The Morgan fingerprint density at radius 2 is 1.72 bits per heavy atom. The summed E-state index contributed by atoms with van der Waals surface area (Å²) in [5, 5.41) is 0.446. The van der Waals surface area contributed by atoms with E-state index in [0.717, 1.165) is 5.56 Å². The molecule has 2 aromatic carbocycles. The molecule has 1 aliphatic rings. The van der Waals surface area contributed by atoms with Gasteiger partial charge in [-0.1, -0.05) is 35.3 Å². The van der Waals surface area contributed by atoms with Gasteiger partial charge in [0.15, 0.2) is 0 Å². The van der Waals surface area contributed by atoms with Crippen molar-refractivity contribution in [2.75, 3.05) is 5.73 Å². The van der Waals surface area contributed by atoms with Gasteiger partial charge >= 0.3 is 6.18 Å². The Kier molecular flexibility index (Phi) is 4.62. The van der Waals surface area contributed by atoms with Crippen molar-refractivity contribution in [2.24, 2.45) is 0 Å². The van der Waals surface area contributed by atoms with Crippen LogP contribution in [0.2, 0.25) is 10.0 Å². The molecule has 2 aromatic rings. The van der Waals surface area contributed by atoms with Crippen LogP contribution in [0.3, 0.4) is 0 Å². The molecule has 0 saturated carbocycles. The molecule has 132 valence electrons. The van der Waals surface area contributed by atoms with Crippen LogP contribution in [-0.4, -0.2) is 6.18 Å². The zero-order valence-electron chi connectivity index (χ0n) is 12.9. The number of aryl methyl sites for hydroxylation is 1. The third-order valence-corrected chi connectivity index (χ3v) is 4.31. The SMILES string of the molecule is Cc1ccc(C2=C(C(F)(F)F)C(c3cc(Cl)cc(Cl)c3)ON2)cc1N. The first-order chi connectivity index (χ1) is 11.7. The van der Waals surface area contributed by atoms with Crippen LogP contribution in [0, 0.1) is 6.92 Å². The molecule has 0 aliphatic carbocycles. The van der Waals surface area contributed by atoms with Crippen molar-refractivity contribution in [3.63, 3.8) is 0 Å². The summed E-state index contributed by atoms with van der Waals surface area (Å²) in [5.74, 6) is 0. The second-order valence-electron chi connectivity index (χ2n) is 5.66. The molecule has 3 rings (SSSR count). The number of benzene rings is 2. The maximum Gasteiger partial charge on any atom is 0.417 e. The normalized spacial score (nSPS) is 17.8. The van der Waals surface area contributed by atoms with Gasteiger partial charge in [-0.3, -0.25) is 10.3 Å². The summed E-state index contributed by atoms with van der Waals surface area (Å²) in [5.41, 5.74) is 8.80. The summed E-state index contributed by atoms with van der Waals surface area (Å²) >= 11 is 11.8. The van der Waals surface area contributed by atoms with Crippen molar-refractivity contribution in [3.8, 4) is 0 Å². The molecule has 1 atom stereocenters. The Hall–Kier alpha value is -1.89. The monoisotopic (exact) mass is 388 g/mol. The van der Waals surface area contributed by atoms with Gasteiger partial charge in [-0.25, -0.2) is 0 Å². The summed E-state index contributed by atoms with van der Waals surface area (Å²) in [7, 11) is 0. The van der Waals surface area contributed by atoms with Crippen molar-refractivity contribution in [3.05, 3.63) is 68.7 Å². The molecule has 3 N–H and O–H groups in total. The molecule has 25 heavy (non-hydrogen) atoms. The van der Waals surface area contributed by atoms with Crippen LogP contribution in [0.1, 0.15) is 22.8 Å². The first kappa shape index (κ1) is 17.9. The maximum atomic E-state index is 13.7. The summed E-state index contributed by atoms with van der Waals surface area (Å²) in [6, 6.07) is 8.89. The Balaban J connectivity index is 2.15. The van der Waals surface area contributed by atoms with E-state index in [1.54, 1.807) is 19.1 Å². The standard InChI is InChI=1S/C17H13Cl2F3N2O/c1-8-2-3-9(6-13(8)23)15-14(17(20,21)22)16(25-24-15)10-4-11(18)7-12(19)5-10/h2-7,16,24H,23H2,1H3. The minimum absolute atomic E-state index is 0.180. The average Bonchev–Trinajstić information content (AvgIpc) is 2.94. The minimum Gasteiger partial charge on any atom is -0.398 e. The molecule has 0 fully saturated rings. The highest BCUT2D eigenvalue weighted by Gasteiger charge is 2.46. The fourth-order valence-corrected chi connectivity index (χ4v) is 3.17. The number of hydrogen-bond acceptors (Lipinski definition) is 3. The molecule has 0 saturated heterocycles. The number of nitrogens with two attached hydrogens (primary N) is 1. The second kappa shape index (κ2) is 6.44. The zero-order valence-corrected chi connectivity index (χ0v) is 14.4. The van der Waals surface area contributed by atoms with Crippen LogP contribution in [0.15, 0.2) is 42.0 Å². The number of nitrogens with one attached hydrogen (secondary N) is 1. The summed E-state index contributed by atoms with van der Waals surface area (Å²) < 4.78 is 41.2. The van der Waals surface area contributed by atoms with E-state index in [0.29, 0.717) is 5.69 Å². The largest absolute Gasteiger partial charge is 0.417 e. The molecule has 8 heteroatoms. The predicted octanol–water partition coefficient (Wildman–Crippen LogP) is 5.43.